The number of fused-ring (bicyclic) bond motifs is 1. The van der Waals surface area contributed by atoms with Crippen molar-refractivity contribution in [1.82, 2.24) is 19.5 Å². The minimum atomic E-state index is -3.82. The molecule has 37 heavy (non-hydrogen) atoms. The highest BCUT2D eigenvalue weighted by atomic mass is 32.2. The van der Waals surface area contributed by atoms with Crippen LogP contribution in [0.15, 0.2) is 54.7 Å². The van der Waals surface area contributed by atoms with Gasteiger partial charge in [-0.25, -0.2) is 13.2 Å². The number of sulfonamides is 1. The minimum Gasteiger partial charge on any atom is -0.445 e. The third-order valence-electron chi connectivity index (χ3n) is 6.58. The second-order valence-corrected chi connectivity index (χ2v) is 11.7. The van der Waals surface area contributed by atoms with Crippen LogP contribution in [0, 0.1) is 5.92 Å². The Morgan fingerprint density at radius 1 is 1.14 bits per heavy atom. The minimum absolute atomic E-state index is 0.0608. The number of ketones is 1. The first-order valence-electron chi connectivity index (χ1n) is 12.4. The van der Waals surface area contributed by atoms with E-state index >= 15 is 0 Å². The topological polar surface area (TPSA) is 126 Å². The molecule has 198 valence electrons. The molecular weight excluding hydrogens is 496 g/mol. The standard InChI is InChI=1S/C26H32N4O6S/c1-18(2)14-21(28-26(33)36-16-19-8-4-3-5-9-19)25(32)29-13-11-22-24(29)23(31)15-30(22)37(34,35)17-20-10-6-7-12-27-20/h3-10,12,18,21-22,24H,11,13-17H2,1-2H3,(H,28,33). The lowest BCUT2D eigenvalue weighted by Gasteiger charge is -2.29. The van der Waals surface area contributed by atoms with Crippen molar-refractivity contribution in [3.05, 3.63) is 66.0 Å². The molecule has 0 aliphatic carbocycles. The Balaban J connectivity index is 1.44. The van der Waals surface area contributed by atoms with Gasteiger partial charge >= 0.3 is 6.09 Å². The van der Waals surface area contributed by atoms with Gasteiger partial charge < -0.3 is 15.0 Å². The molecular formula is C26H32N4O6S. The first-order valence-corrected chi connectivity index (χ1v) is 14.0. The number of aromatic nitrogens is 1. The highest BCUT2D eigenvalue weighted by Crippen LogP contribution is 2.33. The van der Waals surface area contributed by atoms with Crippen molar-refractivity contribution in [1.29, 1.82) is 0 Å². The molecule has 10 nitrogen and oxygen atoms in total. The number of Topliss-reactive ketones (excluding diaryl/α,β-unsaturated/α-hetero) is 1. The Morgan fingerprint density at radius 3 is 2.54 bits per heavy atom. The summed E-state index contributed by atoms with van der Waals surface area (Å²) in [7, 11) is -3.82. The molecule has 0 bridgehead atoms. The highest BCUT2D eigenvalue weighted by molar-refractivity contribution is 7.88. The number of likely N-dealkylation sites (tertiary alicyclic amines) is 1. The number of nitrogens with one attached hydrogen (secondary N) is 1. The maximum atomic E-state index is 13.6. The fourth-order valence-electron chi connectivity index (χ4n) is 4.94. The van der Waals surface area contributed by atoms with Crippen molar-refractivity contribution in [2.24, 2.45) is 5.92 Å². The van der Waals surface area contributed by atoms with Gasteiger partial charge in [-0.2, -0.15) is 4.31 Å². The third kappa shape index (κ3) is 6.34. The van der Waals surface area contributed by atoms with Crippen LogP contribution in [0.5, 0.6) is 0 Å². The molecule has 3 unspecified atom stereocenters. The summed E-state index contributed by atoms with van der Waals surface area (Å²) in [6.07, 6.45) is 1.49. The Hall–Kier alpha value is -3.31. The van der Waals surface area contributed by atoms with Gasteiger partial charge in [-0.05, 0) is 36.5 Å². The van der Waals surface area contributed by atoms with Crippen molar-refractivity contribution in [3.8, 4) is 0 Å². The molecule has 1 aromatic heterocycles. The second-order valence-electron chi connectivity index (χ2n) is 9.81. The van der Waals surface area contributed by atoms with E-state index < -0.39 is 40.1 Å². The van der Waals surface area contributed by atoms with E-state index in [-0.39, 0.29) is 37.2 Å². The number of carbonyl (C=O) groups excluding carboxylic acids is 3. The molecule has 3 heterocycles. The van der Waals surface area contributed by atoms with E-state index in [9.17, 15) is 22.8 Å². The number of benzene rings is 1. The average Bonchev–Trinajstić information content (AvgIpc) is 3.44. The largest absolute Gasteiger partial charge is 0.445 e. The quantitative estimate of drug-likeness (QED) is 0.528. The molecule has 2 fully saturated rings. The van der Waals surface area contributed by atoms with E-state index in [4.69, 9.17) is 4.74 Å². The van der Waals surface area contributed by atoms with Crippen LogP contribution >= 0.6 is 0 Å². The summed E-state index contributed by atoms with van der Waals surface area (Å²) in [5, 5.41) is 2.66. The number of hydrogen-bond donors (Lipinski definition) is 1. The second kappa shape index (κ2) is 11.4. The molecule has 0 spiro atoms. The summed E-state index contributed by atoms with van der Waals surface area (Å²) in [6, 6.07) is 11.8. The van der Waals surface area contributed by atoms with Crippen molar-refractivity contribution in [3.63, 3.8) is 0 Å². The van der Waals surface area contributed by atoms with Crippen LogP contribution in [-0.2, 0) is 36.7 Å². The van der Waals surface area contributed by atoms with Crippen LogP contribution in [0.4, 0.5) is 4.79 Å². The summed E-state index contributed by atoms with van der Waals surface area (Å²) >= 11 is 0. The van der Waals surface area contributed by atoms with Crippen molar-refractivity contribution in [2.75, 3.05) is 13.1 Å². The van der Waals surface area contributed by atoms with Gasteiger partial charge in [0.15, 0.2) is 5.78 Å². The molecule has 2 aliphatic rings. The predicted molar refractivity (Wildman–Crippen MR) is 135 cm³/mol. The van der Waals surface area contributed by atoms with Crippen LogP contribution in [0.1, 0.15) is 37.9 Å². The summed E-state index contributed by atoms with van der Waals surface area (Å²) in [5.74, 6) is -0.967. The Labute approximate surface area is 217 Å². The molecule has 2 aromatic rings. The maximum absolute atomic E-state index is 13.6. The van der Waals surface area contributed by atoms with Crippen LogP contribution in [0.2, 0.25) is 0 Å². The lowest BCUT2D eigenvalue weighted by atomic mass is 10.0. The van der Waals surface area contributed by atoms with Gasteiger partial charge in [-0.15, -0.1) is 0 Å². The maximum Gasteiger partial charge on any atom is 0.408 e. The van der Waals surface area contributed by atoms with Gasteiger partial charge in [0, 0.05) is 12.7 Å². The first-order chi connectivity index (χ1) is 17.7. The zero-order valence-electron chi connectivity index (χ0n) is 20.9. The molecule has 1 N–H and O–H groups in total. The Bertz CT molecular complexity index is 1220. The van der Waals surface area contributed by atoms with Crippen LogP contribution in [-0.4, -0.2) is 71.6 Å². The summed E-state index contributed by atoms with van der Waals surface area (Å²) < 4.78 is 32.8. The van der Waals surface area contributed by atoms with Crippen molar-refractivity contribution in [2.45, 2.75) is 57.2 Å². The monoisotopic (exact) mass is 528 g/mol. The van der Waals surface area contributed by atoms with E-state index in [0.717, 1.165) is 5.56 Å². The summed E-state index contributed by atoms with van der Waals surface area (Å²) in [5.41, 5.74) is 1.20. The Morgan fingerprint density at radius 2 is 1.86 bits per heavy atom. The molecule has 3 atom stereocenters. The van der Waals surface area contributed by atoms with Gasteiger partial charge in [0.1, 0.15) is 24.4 Å². The van der Waals surface area contributed by atoms with E-state index in [1.807, 2.05) is 44.2 Å². The van der Waals surface area contributed by atoms with Gasteiger partial charge in [0.05, 0.1) is 18.3 Å². The van der Waals surface area contributed by atoms with Crippen molar-refractivity contribution < 1.29 is 27.5 Å². The van der Waals surface area contributed by atoms with E-state index in [1.165, 1.54) is 15.4 Å². The first kappa shape index (κ1) is 26.7. The van der Waals surface area contributed by atoms with E-state index in [2.05, 4.69) is 10.3 Å². The molecule has 11 heteroatoms. The fourth-order valence-corrected chi connectivity index (χ4v) is 6.60. The summed E-state index contributed by atoms with van der Waals surface area (Å²) in [4.78, 5) is 44.6. The molecule has 1 aromatic carbocycles. The molecule has 2 aliphatic heterocycles. The third-order valence-corrected chi connectivity index (χ3v) is 8.36. The number of ether oxygens (including phenoxy) is 1. The van der Waals surface area contributed by atoms with Gasteiger partial charge in [0.25, 0.3) is 0 Å². The number of rotatable bonds is 9. The van der Waals surface area contributed by atoms with Crippen LogP contribution in [0.3, 0.4) is 0 Å². The molecule has 0 radical (unpaired) electrons. The molecule has 4 rings (SSSR count). The number of carbonyl (C=O) groups is 3. The number of alkyl carbamates (subject to hydrolysis) is 1. The Kier molecular flexibility index (Phi) is 8.23. The highest BCUT2D eigenvalue weighted by Gasteiger charge is 2.54. The lowest BCUT2D eigenvalue weighted by molar-refractivity contribution is -0.138. The number of nitrogens with zero attached hydrogens (tertiary/aromatic N) is 3. The van der Waals surface area contributed by atoms with Gasteiger partial charge in [-0.3, -0.25) is 14.6 Å². The zero-order chi connectivity index (χ0) is 26.6. The van der Waals surface area contributed by atoms with Gasteiger partial charge in [0.2, 0.25) is 15.9 Å². The van der Waals surface area contributed by atoms with E-state index in [1.54, 1.807) is 18.2 Å². The smallest absolute Gasteiger partial charge is 0.408 e. The number of amides is 2. The van der Waals surface area contributed by atoms with Crippen molar-refractivity contribution >= 4 is 27.8 Å². The van der Waals surface area contributed by atoms with E-state index in [0.29, 0.717) is 18.5 Å². The van der Waals surface area contributed by atoms with Gasteiger partial charge in [-0.1, -0.05) is 50.2 Å². The fraction of sp³-hybridized carbons (Fsp3) is 0.462. The normalized spacial score (nSPS) is 20.6. The number of pyridine rings is 1. The SMILES string of the molecule is CC(C)CC(NC(=O)OCc1ccccc1)C(=O)N1CCC2C1C(=O)CN2S(=O)(=O)Cc1ccccn1. The van der Waals surface area contributed by atoms with Crippen LogP contribution < -0.4 is 5.32 Å². The average molecular weight is 529 g/mol. The molecule has 2 saturated heterocycles. The number of hydrogen-bond acceptors (Lipinski definition) is 7. The zero-order valence-corrected chi connectivity index (χ0v) is 21.8. The van der Waals surface area contributed by atoms with Crippen LogP contribution in [0.25, 0.3) is 0 Å². The molecule has 2 amide bonds. The molecule has 0 saturated carbocycles. The predicted octanol–water partition coefficient (Wildman–Crippen LogP) is 2.11. The lowest BCUT2D eigenvalue weighted by Crippen LogP contribution is -2.53. The summed E-state index contributed by atoms with van der Waals surface area (Å²) in [6.45, 7) is 3.86.